The maximum Gasteiger partial charge on any atom is 0.342 e. The van der Waals surface area contributed by atoms with Crippen molar-refractivity contribution in [3.63, 3.8) is 0 Å². The summed E-state index contributed by atoms with van der Waals surface area (Å²) in [6, 6.07) is 2.20. The van der Waals surface area contributed by atoms with Gasteiger partial charge in [0.2, 0.25) is 0 Å². The maximum atomic E-state index is 13.4. The molecule has 0 saturated carbocycles. The second kappa shape index (κ2) is 4.49. The second-order valence-electron chi connectivity index (χ2n) is 4.22. The Hall–Kier alpha value is -0.970. The van der Waals surface area contributed by atoms with Crippen molar-refractivity contribution in [3.05, 3.63) is 33.8 Å². The molecule has 2 nitrogen and oxygen atoms in total. The fraction of sp³-hybridized carbons (Fsp3) is 0.364. The zero-order valence-corrected chi connectivity index (χ0v) is 10.7. The lowest BCUT2D eigenvalue weighted by Gasteiger charge is -2.20. The van der Waals surface area contributed by atoms with E-state index in [1.165, 1.54) is 6.07 Å². The Morgan fingerprint density at radius 3 is 2.38 bits per heavy atom. The summed E-state index contributed by atoms with van der Waals surface area (Å²) in [5.41, 5.74) is -1.18. The van der Waals surface area contributed by atoms with E-state index in [0.29, 0.717) is 0 Å². The number of halogens is 3. The van der Waals surface area contributed by atoms with Crippen LogP contribution in [0.2, 0.25) is 0 Å². The molecule has 1 rings (SSSR count). The lowest BCUT2D eigenvalue weighted by atomic mass is 10.1. The third kappa shape index (κ3) is 3.01. The number of ether oxygens (including phenoxy) is 1. The van der Waals surface area contributed by atoms with Crippen LogP contribution in [0.25, 0.3) is 0 Å². The van der Waals surface area contributed by atoms with Crippen molar-refractivity contribution in [3.8, 4) is 0 Å². The summed E-state index contributed by atoms with van der Waals surface area (Å²) in [5, 5.41) is 0. The minimum atomic E-state index is -1.20. The molecular weight excluding hydrogens is 282 g/mol. The molecular formula is C11H11BrF2O2. The van der Waals surface area contributed by atoms with Gasteiger partial charge < -0.3 is 4.74 Å². The molecule has 5 heteroatoms. The lowest BCUT2D eigenvalue weighted by Crippen LogP contribution is -2.25. The fourth-order valence-corrected chi connectivity index (χ4v) is 1.51. The first-order chi connectivity index (χ1) is 7.22. The van der Waals surface area contributed by atoms with E-state index in [9.17, 15) is 13.6 Å². The molecule has 0 bridgehead atoms. The van der Waals surface area contributed by atoms with E-state index in [-0.39, 0.29) is 4.47 Å². The van der Waals surface area contributed by atoms with Crippen molar-refractivity contribution in [1.29, 1.82) is 0 Å². The van der Waals surface area contributed by atoms with Crippen LogP contribution >= 0.6 is 15.9 Å². The van der Waals surface area contributed by atoms with E-state index in [1.54, 1.807) is 20.8 Å². The van der Waals surface area contributed by atoms with E-state index >= 15 is 0 Å². The third-order valence-corrected chi connectivity index (χ3v) is 2.31. The fourth-order valence-electron chi connectivity index (χ4n) is 1.04. The van der Waals surface area contributed by atoms with Crippen LogP contribution in [0.5, 0.6) is 0 Å². The zero-order chi connectivity index (χ0) is 12.5. The Balaban J connectivity index is 3.14. The zero-order valence-electron chi connectivity index (χ0n) is 9.11. The number of hydrogen-bond donors (Lipinski definition) is 0. The summed E-state index contributed by atoms with van der Waals surface area (Å²) in [6.07, 6.45) is 0. The molecule has 0 aliphatic carbocycles. The average Bonchev–Trinajstić information content (AvgIpc) is 2.09. The normalized spacial score (nSPS) is 11.4. The first-order valence-corrected chi connectivity index (χ1v) is 5.38. The number of hydrogen-bond acceptors (Lipinski definition) is 2. The largest absolute Gasteiger partial charge is 0.456 e. The molecule has 0 aliphatic heterocycles. The van der Waals surface area contributed by atoms with Crippen molar-refractivity contribution < 1.29 is 18.3 Å². The van der Waals surface area contributed by atoms with Gasteiger partial charge in [-0.25, -0.2) is 13.6 Å². The van der Waals surface area contributed by atoms with Crippen LogP contribution in [-0.4, -0.2) is 11.6 Å². The van der Waals surface area contributed by atoms with Crippen LogP contribution in [0.3, 0.4) is 0 Å². The molecule has 0 aromatic heterocycles. The third-order valence-electron chi connectivity index (χ3n) is 1.65. The molecule has 0 heterocycles. The van der Waals surface area contributed by atoms with Crippen LogP contribution in [0.1, 0.15) is 31.1 Å². The Morgan fingerprint density at radius 1 is 1.31 bits per heavy atom. The van der Waals surface area contributed by atoms with Crippen molar-refractivity contribution in [2.24, 2.45) is 0 Å². The molecule has 16 heavy (non-hydrogen) atoms. The monoisotopic (exact) mass is 292 g/mol. The highest BCUT2D eigenvalue weighted by molar-refractivity contribution is 9.10. The molecule has 88 valence electrons. The van der Waals surface area contributed by atoms with Crippen molar-refractivity contribution in [1.82, 2.24) is 0 Å². The van der Waals surface area contributed by atoms with Crippen LogP contribution in [0.15, 0.2) is 16.6 Å². The topological polar surface area (TPSA) is 26.3 Å². The highest BCUT2D eigenvalue weighted by Crippen LogP contribution is 2.24. The summed E-state index contributed by atoms with van der Waals surface area (Å²) in [5.74, 6) is -3.18. The van der Waals surface area contributed by atoms with Crippen LogP contribution < -0.4 is 0 Å². The predicted octanol–water partition coefficient (Wildman–Crippen LogP) is 3.68. The van der Waals surface area contributed by atoms with Gasteiger partial charge in [0, 0.05) is 4.47 Å². The number of esters is 1. The molecule has 0 saturated heterocycles. The average molecular weight is 293 g/mol. The number of rotatable bonds is 1. The van der Waals surface area contributed by atoms with Crippen LogP contribution in [0, 0.1) is 11.6 Å². The summed E-state index contributed by atoms with van der Waals surface area (Å²) in [6.45, 7) is 4.95. The summed E-state index contributed by atoms with van der Waals surface area (Å²) in [4.78, 5) is 11.6. The molecule has 1 aromatic rings. The smallest absolute Gasteiger partial charge is 0.342 e. The van der Waals surface area contributed by atoms with Gasteiger partial charge in [0.15, 0.2) is 11.6 Å². The van der Waals surface area contributed by atoms with E-state index < -0.39 is 28.8 Å². The molecule has 0 unspecified atom stereocenters. The minimum absolute atomic E-state index is 0.167. The molecule has 0 spiro atoms. The van der Waals surface area contributed by atoms with Gasteiger partial charge in [0.1, 0.15) is 11.2 Å². The molecule has 0 radical (unpaired) electrons. The molecule has 0 atom stereocenters. The van der Waals surface area contributed by atoms with Gasteiger partial charge in [-0.05, 0) is 48.8 Å². The van der Waals surface area contributed by atoms with Gasteiger partial charge in [-0.2, -0.15) is 0 Å². The first-order valence-electron chi connectivity index (χ1n) is 4.59. The summed E-state index contributed by atoms with van der Waals surface area (Å²) >= 11 is 2.98. The van der Waals surface area contributed by atoms with E-state index in [2.05, 4.69) is 15.9 Å². The maximum absolute atomic E-state index is 13.4. The van der Waals surface area contributed by atoms with Crippen LogP contribution in [-0.2, 0) is 4.74 Å². The minimum Gasteiger partial charge on any atom is -0.456 e. The highest BCUT2D eigenvalue weighted by atomic mass is 79.9. The van der Waals surface area contributed by atoms with Gasteiger partial charge >= 0.3 is 5.97 Å². The number of benzene rings is 1. The first kappa shape index (κ1) is 13.1. The molecule has 0 amide bonds. The predicted molar refractivity (Wildman–Crippen MR) is 59.2 cm³/mol. The second-order valence-corrected chi connectivity index (χ2v) is 5.07. The van der Waals surface area contributed by atoms with E-state index in [4.69, 9.17) is 4.74 Å². The van der Waals surface area contributed by atoms with E-state index in [0.717, 1.165) is 6.07 Å². The van der Waals surface area contributed by atoms with Gasteiger partial charge in [0.25, 0.3) is 0 Å². The Morgan fingerprint density at radius 2 is 1.88 bits per heavy atom. The van der Waals surface area contributed by atoms with E-state index in [1.807, 2.05) is 0 Å². The van der Waals surface area contributed by atoms with Crippen LogP contribution in [0.4, 0.5) is 8.78 Å². The standard InChI is InChI=1S/C11H11BrF2O2/c1-11(2,3)16-10(15)8-6(12)4-5-7(13)9(8)14/h4-5H,1-3H3. The lowest BCUT2D eigenvalue weighted by molar-refractivity contribution is 0.00625. The van der Waals surface area contributed by atoms with Gasteiger partial charge in [-0.3, -0.25) is 0 Å². The summed E-state index contributed by atoms with van der Waals surface area (Å²) < 4.78 is 31.5. The van der Waals surface area contributed by atoms with Crippen molar-refractivity contribution in [2.45, 2.75) is 26.4 Å². The summed E-state index contributed by atoms with van der Waals surface area (Å²) in [7, 11) is 0. The molecule has 0 fully saturated rings. The number of carbonyl (C=O) groups excluding carboxylic acids is 1. The Bertz CT molecular complexity index is 425. The Kier molecular flexibility index (Phi) is 3.68. The quantitative estimate of drug-likeness (QED) is 0.583. The number of carbonyl (C=O) groups is 1. The SMILES string of the molecule is CC(C)(C)OC(=O)c1c(Br)ccc(F)c1F. The molecule has 0 N–H and O–H groups in total. The van der Waals surface area contributed by atoms with Gasteiger partial charge in [-0.15, -0.1) is 0 Å². The van der Waals surface area contributed by atoms with Crippen molar-refractivity contribution >= 4 is 21.9 Å². The van der Waals surface area contributed by atoms with Crippen molar-refractivity contribution in [2.75, 3.05) is 0 Å². The van der Waals surface area contributed by atoms with Gasteiger partial charge in [-0.1, -0.05) is 0 Å². The highest BCUT2D eigenvalue weighted by Gasteiger charge is 2.24. The Labute approximate surface area is 101 Å². The van der Waals surface area contributed by atoms with Gasteiger partial charge in [0.05, 0.1) is 0 Å². The molecule has 0 aliphatic rings. The molecule has 1 aromatic carbocycles.